The van der Waals surface area contributed by atoms with Crippen molar-refractivity contribution < 1.29 is 14.2 Å². The van der Waals surface area contributed by atoms with Gasteiger partial charge in [0.15, 0.2) is 0 Å². The summed E-state index contributed by atoms with van der Waals surface area (Å²) >= 11 is 0. The minimum Gasteiger partial charge on any atom is -0.459 e. The van der Waals surface area contributed by atoms with Crippen LogP contribution in [-0.2, 0) is 14.9 Å². The van der Waals surface area contributed by atoms with Gasteiger partial charge in [0.25, 0.3) is 0 Å². The molecule has 1 unspecified atom stereocenters. The Morgan fingerprint density at radius 1 is 0.939 bits per heavy atom. The molecule has 5 rings (SSSR count). The smallest absolute Gasteiger partial charge is 0.228 e. The summed E-state index contributed by atoms with van der Waals surface area (Å²) in [6.45, 7) is 9.10. The number of aliphatic imine (C=N–C) groups is 1. The van der Waals surface area contributed by atoms with Crippen LogP contribution >= 0.6 is 0 Å². The molecular formula is C28H32N2O3. The Hall–Kier alpha value is -2.89. The van der Waals surface area contributed by atoms with Gasteiger partial charge in [-0.2, -0.15) is 0 Å². The number of anilines is 1. The number of rotatable bonds is 8. The zero-order valence-corrected chi connectivity index (χ0v) is 19.7. The summed E-state index contributed by atoms with van der Waals surface area (Å²) in [7, 11) is 0. The van der Waals surface area contributed by atoms with Crippen molar-refractivity contribution in [1.82, 2.24) is 0 Å². The van der Waals surface area contributed by atoms with E-state index in [1.54, 1.807) is 0 Å². The molecule has 3 aromatic rings. The van der Waals surface area contributed by atoms with Crippen LogP contribution in [0.5, 0.6) is 5.75 Å². The second-order valence-corrected chi connectivity index (χ2v) is 9.27. The summed E-state index contributed by atoms with van der Waals surface area (Å²) in [6, 6.07) is 21.1. The molecule has 5 nitrogen and oxygen atoms in total. The average molecular weight is 445 g/mol. The third-order valence-corrected chi connectivity index (χ3v) is 6.85. The minimum atomic E-state index is -0.704. The molecule has 0 saturated carbocycles. The highest BCUT2D eigenvalue weighted by molar-refractivity contribution is 5.99. The molecule has 0 amide bonds. The van der Waals surface area contributed by atoms with Crippen molar-refractivity contribution in [2.75, 3.05) is 31.5 Å². The highest BCUT2D eigenvalue weighted by Gasteiger charge is 2.59. The van der Waals surface area contributed by atoms with Crippen LogP contribution in [0.15, 0.2) is 65.7 Å². The molecule has 0 bridgehead atoms. The predicted molar refractivity (Wildman–Crippen MR) is 134 cm³/mol. The van der Waals surface area contributed by atoms with Crippen LogP contribution in [0.2, 0.25) is 0 Å². The number of fused-ring (bicyclic) bond motifs is 4. The lowest BCUT2D eigenvalue weighted by Crippen LogP contribution is -2.62. The molecule has 33 heavy (non-hydrogen) atoms. The van der Waals surface area contributed by atoms with Crippen molar-refractivity contribution in [2.24, 2.45) is 4.99 Å². The molecule has 1 atom stereocenters. The topological polar surface area (TPSA) is 43.3 Å². The van der Waals surface area contributed by atoms with E-state index in [9.17, 15) is 0 Å². The summed E-state index contributed by atoms with van der Waals surface area (Å²) in [6.07, 6.45) is 3.88. The monoisotopic (exact) mass is 444 g/mol. The van der Waals surface area contributed by atoms with Crippen molar-refractivity contribution in [1.29, 1.82) is 0 Å². The first kappa shape index (κ1) is 21.9. The predicted octanol–water partition coefficient (Wildman–Crippen LogP) is 6.22. The van der Waals surface area contributed by atoms with Gasteiger partial charge in [0.05, 0.1) is 18.2 Å². The van der Waals surface area contributed by atoms with Crippen molar-refractivity contribution in [3.05, 3.63) is 66.2 Å². The van der Waals surface area contributed by atoms with E-state index in [-0.39, 0.29) is 5.41 Å². The molecule has 2 aliphatic heterocycles. The summed E-state index contributed by atoms with van der Waals surface area (Å²) in [4.78, 5) is 7.38. The largest absolute Gasteiger partial charge is 0.459 e. The number of benzene rings is 3. The van der Waals surface area contributed by atoms with Crippen molar-refractivity contribution in [3.63, 3.8) is 0 Å². The highest BCUT2D eigenvalue weighted by atomic mass is 16.7. The molecule has 2 aliphatic rings. The molecule has 1 spiro atoms. The van der Waals surface area contributed by atoms with E-state index >= 15 is 0 Å². The Bertz CT molecular complexity index is 1170. The first-order valence-electron chi connectivity index (χ1n) is 11.9. The molecular weight excluding hydrogens is 412 g/mol. The first-order chi connectivity index (χ1) is 16.1. The van der Waals surface area contributed by atoms with Gasteiger partial charge in [-0.15, -0.1) is 0 Å². The van der Waals surface area contributed by atoms with Gasteiger partial charge in [-0.3, -0.25) is 4.99 Å². The van der Waals surface area contributed by atoms with Crippen LogP contribution in [0, 0.1) is 0 Å². The maximum Gasteiger partial charge on any atom is 0.228 e. The van der Waals surface area contributed by atoms with Crippen molar-refractivity contribution >= 4 is 28.4 Å². The summed E-state index contributed by atoms with van der Waals surface area (Å²) < 4.78 is 18.1. The zero-order valence-electron chi connectivity index (χ0n) is 19.7. The maximum atomic E-state index is 6.92. The number of hydrogen-bond donors (Lipinski definition) is 0. The lowest BCUT2D eigenvalue weighted by atomic mass is 9.77. The maximum absolute atomic E-state index is 6.92. The third kappa shape index (κ3) is 3.60. The van der Waals surface area contributed by atoms with Gasteiger partial charge in [0.1, 0.15) is 18.2 Å². The van der Waals surface area contributed by atoms with E-state index in [0.717, 1.165) is 42.8 Å². The molecule has 0 fully saturated rings. The normalized spacial score (nSPS) is 20.2. The fraction of sp³-hybridized carbons (Fsp3) is 0.393. The molecule has 3 aromatic carbocycles. The van der Waals surface area contributed by atoms with E-state index in [2.05, 4.69) is 80.3 Å². The van der Waals surface area contributed by atoms with E-state index in [1.807, 2.05) is 12.3 Å². The fourth-order valence-corrected chi connectivity index (χ4v) is 5.09. The molecule has 0 saturated heterocycles. The Balaban J connectivity index is 1.46. The first-order valence-corrected chi connectivity index (χ1v) is 11.9. The summed E-state index contributed by atoms with van der Waals surface area (Å²) in [5.41, 5.74) is 2.38. The van der Waals surface area contributed by atoms with Gasteiger partial charge >= 0.3 is 0 Å². The zero-order chi connectivity index (χ0) is 22.9. The molecule has 0 aliphatic carbocycles. The van der Waals surface area contributed by atoms with Crippen molar-refractivity contribution in [2.45, 2.75) is 44.8 Å². The van der Waals surface area contributed by atoms with Crippen LogP contribution < -0.4 is 9.64 Å². The SMILES string of the molecule is CCCOCOCCCN1c2ccccc2C(C)(C)C12C=Nc1c(ccc3ccccc13)O2. The molecule has 5 heteroatoms. The van der Waals surface area contributed by atoms with Gasteiger partial charge < -0.3 is 19.1 Å². The minimum absolute atomic E-state index is 0.290. The average Bonchev–Trinajstić information content (AvgIpc) is 3.01. The Morgan fingerprint density at radius 2 is 1.73 bits per heavy atom. The molecule has 0 radical (unpaired) electrons. The van der Waals surface area contributed by atoms with E-state index in [1.165, 1.54) is 16.6 Å². The van der Waals surface area contributed by atoms with Crippen LogP contribution in [-0.4, -0.2) is 38.5 Å². The molecule has 2 heterocycles. The highest BCUT2D eigenvalue weighted by Crippen LogP contribution is 2.54. The molecule has 0 N–H and O–H groups in total. The quantitative estimate of drug-likeness (QED) is 0.306. The van der Waals surface area contributed by atoms with Crippen LogP contribution in [0.25, 0.3) is 10.8 Å². The lowest BCUT2D eigenvalue weighted by molar-refractivity contribution is -0.0541. The Labute approximate surface area is 196 Å². The summed E-state index contributed by atoms with van der Waals surface area (Å²) in [5.74, 6) is 0.825. The number of para-hydroxylation sites is 1. The number of ether oxygens (including phenoxy) is 3. The van der Waals surface area contributed by atoms with Crippen LogP contribution in [0.3, 0.4) is 0 Å². The van der Waals surface area contributed by atoms with Gasteiger partial charge in [-0.1, -0.05) is 55.5 Å². The van der Waals surface area contributed by atoms with Gasteiger partial charge in [-0.25, -0.2) is 0 Å². The number of hydrogen-bond acceptors (Lipinski definition) is 5. The summed E-state index contributed by atoms with van der Waals surface area (Å²) in [5, 5.41) is 2.28. The van der Waals surface area contributed by atoms with Crippen LogP contribution in [0.1, 0.15) is 39.2 Å². The Kier molecular flexibility index (Phi) is 5.85. The van der Waals surface area contributed by atoms with E-state index in [0.29, 0.717) is 13.4 Å². The fourth-order valence-electron chi connectivity index (χ4n) is 5.09. The third-order valence-electron chi connectivity index (χ3n) is 6.85. The molecule has 0 aromatic heterocycles. The second kappa shape index (κ2) is 8.81. The van der Waals surface area contributed by atoms with E-state index in [4.69, 9.17) is 19.2 Å². The van der Waals surface area contributed by atoms with Crippen molar-refractivity contribution in [3.8, 4) is 5.75 Å². The Morgan fingerprint density at radius 3 is 2.61 bits per heavy atom. The van der Waals surface area contributed by atoms with Gasteiger partial charge in [-0.05, 0) is 49.8 Å². The molecule has 172 valence electrons. The van der Waals surface area contributed by atoms with Gasteiger partial charge in [0, 0.05) is 24.2 Å². The van der Waals surface area contributed by atoms with Gasteiger partial charge in [0.2, 0.25) is 5.72 Å². The van der Waals surface area contributed by atoms with E-state index < -0.39 is 5.72 Å². The second-order valence-electron chi connectivity index (χ2n) is 9.27. The van der Waals surface area contributed by atoms with Crippen LogP contribution in [0.4, 0.5) is 11.4 Å². The lowest BCUT2D eigenvalue weighted by Gasteiger charge is -2.46. The standard InChI is InChI=1S/C28H32N2O3/c1-4-17-31-20-32-18-9-16-30-24-13-8-7-12-23(24)27(2,3)28(30)19-29-26-22-11-6-5-10-21(22)14-15-25(26)33-28/h5-8,10-15,19H,4,9,16-18,20H2,1-3H3. The number of nitrogens with zero attached hydrogens (tertiary/aromatic N) is 2.